The molecule has 0 radical (unpaired) electrons. The number of aryl methyl sites for hydroxylation is 1. The Labute approximate surface area is 114 Å². The number of carboxylic acids is 1. The van der Waals surface area contributed by atoms with Crippen molar-refractivity contribution in [3.63, 3.8) is 0 Å². The standard InChI is InChI=1S/C13H14N2O3S/c1-6-5-14-13(19-6)15-11(16)9-7-2-3-8(4-7)10(9)12(17)18/h2-3,5,7-10H,4H2,1H3,(H,17,18)(H,14,15,16). The van der Waals surface area contributed by atoms with Gasteiger partial charge in [-0.3, -0.25) is 9.59 Å². The van der Waals surface area contributed by atoms with E-state index in [-0.39, 0.29) is 17.7 Å². The Morgan fingerprint density at radius 3 is 2.63 bits per heavy atom. The minimum atomic E-state index is -0.882. The van der Waals surface area contributed by atoms with Crippen LogP contribution in [0, 0.1) is 30.6 Å². The number of amides is 1. The summed E-state index contributed by atoms with van der Waals surface area (Å²) in [6, 6.07) is 0. The minimum absolute atomic E-state index is 0.00344. The molecule has 1 fully saturated rings. The van der Waals surface area contributed by atoms with Crippen LogP contribution in [0.3, 0.4) is 0 Å². The van der Waals surface area contributed by atoms with Gasteiger partial charge in [-0.15, -0.1) is 11.3 Å². The van der Waals surface area contributed by atoms with Crippen LogP contribution in [0.25, 0.3) is 0 Å². The van der Waals surface area contributed by atoms with Crippen LogP contribution >= 0.6 is 11.3 Å². The lowest BCUT2D eigenvalue weighted by molar-refractivity contribution is -0.146. The zero-order valence-electron chi connectivity index (χ0n) is 10.4. The molecule has 2 aliphatic carbocycles. The third-order valence-electron chi connectivity index (χ3n) is 3.90. The van der Waals surface area contributed by atoms with Gasteiger partial charge in [-0.1, -0.05) is 12.2 Å². The van der Waals surface area contributed by atoms with Gasteiger partial charge in [0.25, 0.3) is 0 Å². The van der Waals surface area contributed by atoms with Gasteiger partial charge in [0.05, 0.1) is 11.8 Å². The van der Waals surface area contributed by atoms with E-state index in [2.05, 4.69) is 10.3 Å². The van der Waals surface area contributed by atoms with Gasteiger partial charge in [0, 0.05) is 11.1 Å². The third kappa shape index (κ3) is 2.06. The maximum Gasteiger partial charge on any atom is 0.307 e. The van der Waals surface area contributed by atoms with Gasteiger partial charge in [0.15, 0.2) is 5.13 Å². The zero-order chi connectivity index (χ0) is 13.6. The molecule has 4 atom stereocenters. The number of anilines is 1. The van der Waals surface area contributed by atoms with Gasteiger partial charge >= 0.3 is 5.97 Å². The van der Waals surface area contributed by atoms with Crippen LogP contribution in [0.2, 0.25) is 0 Å². The molecule has 6 heteroatoms. The molecule has 2 bridgehead atoms. The monoisotopic (exact) mass is 278 g/mol. The van der Waals surface area contributed by atoms with Crippen LogP contribution in [0.15, 0.2) is 18.3 Å². The quantitative estimate of drug-likeness (QED) is 0.828. The third-order valence-corrected chi connectivity index (χ3v) is 4.73. The van der Waals surface area contributed by atoms with Crippen LogP contribution in [0.5, 0.6) is 0 Å². The molecule has 100 valence electrons. The summed E-state index contributed by atoms with van der Waals surface area (Å²) in [6.07, 6.45) is 6.36. The van der Waals surface area contributed by atoms with Crippen LogP contribution in [0.4, 0.5) is 5.13 Å². The van der Waals surface area contributed by atoms with Crippen LogP contribution in [-0.2, 0) is 9.59 Å². The minimum Gasteiger partial charge on any atom is -0.481 e. The number of carbonyl (C=O) groups excluding carboxylic acids is 1. The maximum absolute atomic E-state index is 12.3. The molecular weight excluding hydrogens is 264 g/mol. The first kappa shape index (κ1) is 12.3. The second-order valence-corrected chi connectivity index (χ2v) is 6.34. The van der Waals surface area contributed by atoms with Crippen molar-refractivity contribution in [2.75, 3.05) is 5.32 Å². The molecule has 0 saturated heterocycles. The predicted octanol–water partition coefficient (Wildman–Crippen LogP) is 1.91. The number of fused-ring (bicyclic) bond motifs is 2. The van der Waals surface area contributed by atoms with Crippen molar-refractivity contribution in [1.82, 2.24) is 4.98 Å². The van der Waals surface area contributed by atoms with E-state index in [9.17, 15) is 14.7 Å². The zero-order valence-corrected chi connectivity index (χ0v) is 11.2. The number of nitrogens with zero attached hydrogens (tertiary/aromatic N) is 1. The van der Waals surface area contributed by atoms with Gasteiger partial charge in [-0.25, -0.2) is 4.98 Å². The van der Waals surface area contributed by atoms with Gasteiger partial charge < -0.3 is 10.4 Å². The fraction of sp³-hybridized carbons (Fsp3) is 0.462. The molecule has 5 nitrogen and oxygen atoms in total. The molecule has 1 aromatic heterocycles. The SMILES string of the molecule is Cc1cnc(NC(=O)C2C3C=CC(C3)C2C(=O)O)s1. The highest BCUT2D eigenvalue weighted by Gasteiger charge is 2.51. The molecule has 1 amide bonds. The molecule has 4 unspecified atom stereocenters. The van der Waals surface area contributed by atoms with Crippen LogP contribution < -0.4 is 5.32 Å². The van der Waals surface area contributed by atoms with Crippen molar-refractivity contribution >= 4 is 28.3 Å². The van der Waals surface area contributed by atoms with Crippen molar-refractivity contribution < 1.29 is 14.7 Å². The average Bonchev–Trinajstić information content (AvgIpc) is 3.03. The Morgan fingerprint density at radius 2 is 2.05 bits per heavy atom. The largest absolute Gasteiger partial charge is 0.481 e. The van der Waals surface area contributed by atoms with Crippen LogP contribution in [-0.4, -0.2) is 22.0 Å². The van der Waals surface area contributed by atoms with Gasteiger partial charge in [0.1, 0.15) is 0 Å². The normalized spacial score (nSPS) is 31.6. The number of hydrogen-bond acceptors (Lipinski definition) is 4. The molecule has 0 aromatic carbocycles. The summed E-state index contributed by atoms with van der Waals surface area (Å²) in [7, 11) is 0. The summed E-state index contributed by atoms with van der Waals surface area (Å²) in [5.74, 6) is -2.14. The summed E-state index contributed by atoms with van der Waals surface area (Å²) >= 11 is 1.40. The Balaban J connectivity index is 1.79. The number of carbonyl (C=O) groups is 2. The van der Waals surface area contributed by atoms with Crippen LogP contribution in [0.1, 0.15) is 11.3 Å². The summed E-state index contributed by atoms with van der Waals surface area (Å²) in [6.45, 7) is 1.91. The van der Waals surface area contributed by atoms with E-state index in [1.54, 1.807) is 6.20 Å². The predicted molar refractivity (Wildman–Crippen MR) is 70.8 cm³/mol. The van der Waals surface area contributed by atoms with E-state index in [0.717, 1.165) is 11.3 Å². The van der Waals surface area contributed by atoms with E-state index < -0.39 is 17.8 Å². The van der Waals surface area contributed by atoms with Crippen molar-refractivity contribution in [3.8, 4) is 0 Å². The van der Waals surface area contributed by atoms with Gasteiger partial charge in [0.2, 0.25) is 5.91 Å². The Hall–Kier alpha value is -1.69. The molecule has 2 aliphatic rings. The Morgan fingerprint density at radius 1 is 1.37 bits per heavy atom. The van der Waals surface area contributed by atoms with Crippen molar-refractivity contribution in [1.29, 1.82) is 0 Å². The fourth-order valence-electron chi connectivity index (χ4n) is 3.12. The van der Waals surface area contributed by atoms with Gasteiger partial charge in [-0.05, 0) is 25.2 Å². The average molecular weight is 278 g/mol. The first-order valence-electron chi connectivity index (χ1n) is 6.20. The second-order valence-electron chi connectivity index (χ2n) is 5.10. The molecule has 2 N–H and O–H groups in total. The molecule has 3 rings (SSSR count). The lowest BCUT2D eigenvalue weighted by Gasteiger charge is -2.23. The lowest BCUT2D eigenvalue weighted by atomic mass is 9.82. The number of carboxylic acid groups (broad SMARTS) is 1. The van der Waals surface area contributed by atoms with E-state index in [1.165, 1.54) is 11.3 Å². The fourth-order valence-corrected chi connectivity index (χ4v) is 3.79. The van der Waals surface area contributed by atoms with E-state index >= 15 is 0 Å². The second kappa shape index (κ2) is 4.45. The number of nitrogens with one attached hydrogen (secondary N) is 1. The Bertz CT molecular complexity index is 566. The van der Waals surface area contributed by atoms with E-state index in [4.69, 9.17) is 0 Å². The highest BCUT2D eigenvalue weighted by Crippen LogP contribution is 2.48. The molecule has 0 spiro atoms. The number of rotatable bonds is 3. The van der Waals surface area contributed by atoms with Crippen molar-refractivity contribution in [2.45, 2.75) is 13.3 Å². The number of allylic oxidation sites excluding steroid dienone is 2. The summed E-state index contributed by atoms with van der Waals surface area (Å²) in [5.41, 5.74) is 0. The number of hydrogen-bond donors (Lipinski definition) is 2. The molecule has 1 saturated carbocycles. The highest BCUT2D eigenvalue weighted by atomic mass is 32.1. The first-order valence-corrected chi connectivity index (χ1v) is 7.02. The number of thiazole rings is 1. The van der Waals surface area contributed by atoms with Crippen molar-refractivity contribution in [3.05, 3.63) is 23.2 Å². The van der Waals surface area contributed by atoms with Crippen molar-refractivity contribution in [2.24, 2.45) is 23.7 Å². The lowest BCUT2D eigenvalue weighted by Crippen LogP contribution is -2.36. The van der Waals surface area contributed by atoms with Gasteiger partial charge in [-0.2, -0.15) is 0 Å². The summed E-state index contributed by atoms with van der Waals surface area (Å²) in [4.78, 5) is 28.7. The van der Waals surface area contributed by atoms with E-state index in [0.29, 0.717) is 5.13 Å². The summed E-state index contributed by atoms with van der Waals surface area (Å²) < 4.78 is 0. The topological polar surface area (TPSA) is 79.3 Å². The molecule has 19 heavy (non-hydrogen) atoms. The number of aliphatic carboxylic acids is 1. The highest BCUT2D eigenvalue weighted by molar-refractivity contribution is 7.15. The smallest absolute Gasteiger partial charge is 0.307 e. The Kier molecular flexibility index (Phi) is 2.89. The summed E-state index contributed by atoms with van der Waals surface area (Å²) in [5, 5.41) is 12.6. The number of aromatic nitrogens is 1. The maximum atomic E-state index is 12.3. The first-order chi connectivity index (χ1) is 9.06. The molecule has 1 aromatic rings. The molecule has 1 heterocycles. The molecular formula is C13H14N2O3S. The van der Waals surface area contributed by atoms with E-state index in [1.807, 2.05) is 19.1 Å². The molecule has 0 aliphatic heterocycles.